The van der Waals surface area contributed by atoms with Crippen LogP contribution in [-0.2, 0) is 6.54 Å². The molecule has 98 valence electrons. The van der Waals surface area contributed by atoms with E-state index in [9.17, 15) is 4.79 Å². The number of nitrogens with two attached hydrogens (primary N) is 1. The Hall–Kier alpha value is -2.28. The lowest BCUT2D eigenvalue weighted by Gasteiger charge is -2.07. The van der Waals surface area contributed by atoms with Crippen molar-refractivity contribution in [1.29, 1.82) is 0 Å². The van der Waals surface area contributed by atoms with Crippen LogP contribution in [0.5, 0.6) is 11.5 Å². The molecule has 2 heterocycles. The second-order valence-electron chi connectivity index (χ2n) is 3.94. The smallest absolute Gasteiger partial charge is 0.253 e. The van der Waals surface area contributed by atoms with Crippen molar-refractivity contribution in [2.75, 3.05) is 12.5 Å². The van der Waals surface area contributed by atoms with Gasteiger partial charge < -0.3 is 20.5 Å². The van der Waals surface area contributed by atoms with Crippen LogP contribution in [0.4, 0.5) is 5.69 Å². The molecule has 0 radical (unpaired) electrons. The lowest BCUT2D eigenvalue weighted by Crippen LogP contribution is -2.23. The summed E-state index contributed by atoms with van der Waals surface area (Å²) in [6.45, 7) is 0.581. The van der Waals surface area contributed by atoms with Crippen LogP contribution >= 0.6 is 11.3 Å². The average Bonchev–Trinajstić information content (AvgIpc) is 3.05. The standard InChI is InChI=1S/C12H11N3O3S/c13-9-2-11-10(17-6-18-11)1-8(9)12(16)15-4-7-3-14-5-19-7/h1-3,5H,4,6,13H2,(H,15,16). The number of anilines is 1. The topological polar surface area (TPSA) is 86.5 Å². The van der Waals surface area contributed by atoms with E-state index in [-0.39, 0.29) is 12.7 Å². The number of carbonyl (C=O) groups excluding carboxylic acids is 1. The summed E-state index contributed by atoms with van der Waals surface area (Å²) >= 11 is 1.48. The lowest BCUT2D eigenvalue weighted by molar-refractivity contribution is 0.0951. The number of thiazole rings is 1. The lowest BCUT2D eigenvalue weighted by atomic mass is 10.1. The third-order valence-corrected chi connectivity index (χ3v) is 3.48. The van der Waals surface area contributed by atoms with Gasteiger partial charge >= 0.3 is 0 Å². The van der Waals surface area contributed by atoms with Crippen molar-refractivity contribution in [2.45, 2.75) is 6.54 Å². The second kappa shape index (κ2) is 4.77. The summed E-state index contributed by atoms with van der Waals surface area (Å²) in [5.74, 6) is 0.859. The number of nitrogens with one attached hydrogen (secondary N) is 1. The molecule has 1 aromatic carbocycles. The van der Waals surface area contributed by atoms with Crippen LogP contribution in [0, 0.1) is 0 Å². The van der Waals surface area contributed by atoms with Gasteiger partial charge in [-0.15, -0.1) is 11.3 Å². The minimum atomic E-state index is -0.246. The maximum Gasteiger partial charge on any atom is 0.253 e. The minimum Gasteiger partial charge on any atom is -0.454 e. The van der Waals surface area contributed by atoms with Crippen LogP contribution in [0.25, 0.3) is 0 Å². The molecule has 3 rings (SSSR count). The van der Waals surface area contributed by atoms with Crippen LogP contribution < -0.4 is 20.5 Å². The van der Waals surface area contributed by atoms with E-state index in [0.717, 1.165) is 4.88 Å². The first-order valence-electron chi connectivity index (χ1n) is 5.59. The summed E-state index contributed by atoms with van der Waals surface area (Å²) < 4.78 is 10.4. The Balaban J connectivity index is 1.76. The summed E-state index contributed by atoms with van der Waals surface area (Å²) in [4.78, 5) is 17.0. The fourth-order valence-electron chi connectivity index (χ4n) is 1.75. The number of fused-ring (bicyclic) bond motifs is 1. The Morgan fingerprint density at radius 1 is 1.42 bits per heavy atom. The van der Waals surface area contributed by atoms with E-state index in [4.69, 9.17) is 15.2 Å². The van der Waals surface area contributed by atoms with E-state index in [2.05, 4.69) is 10.3 Å². The van der Waals surface area contributed by atoms with Crippen LogP contribution in [-0.4, -0.2) is 17.7 Å². The first-order valence-corrected chi connectivity index (χ1v) is 6.46. The van der Waals surface area contributed by atoms with Crippen LogP contribution in [0.15, 0.2) is 23.8 Å². The maximum absolute atomic E-state index is 12.1. The van der Waals surface area contributed by atoms with Gasteiger partial charge in [0.05, 0.1) is 17.6 Å². The predicted octanol–water partition coefficient (Wildman–Crippen LogP) is 1.38. The van der Waals surface area contributed by atoms with Gasteiger partial charge in [-0.1, -0.05) is 0 Å². The first kappa shape index (κ1) is 11.8. The molecule has 2 aromatic rings. The van der Waals surface area contributed by atoms with Gasteiger partial charge in [-0.2, -0.15) is 0 Å². The molecule has 1 amide bonds. The van der Waals surface area contributed by atoms with Gasteiger partial charge in [0.25, 0.3) is 5.91 Å². The van der Waals surface area contributed by atoms with Gasteiger partial charge in [-0.25, -0.2) is 0 Å². The molecular formula is C12H11N3O3S. The molecule has 1 aliphatic rings. The number of ether oxygens (including phenoxy) is 2. The Labute approximate surface area is 113 Å². The van der Waals surface area contributed by atoms with Crippen molar-refractivity contribution in [3.8, 4) is 11.5 Å². The van der Waals surface area contributed by atoms with E-state index in [1.165, 1.54) is 11.3 Å². The van der Waals surface area contributed by atoms with Crippen molar-refractivity contribution in [3.05, 3.63) is 34.3 Å². The van der Waals surface area contributed by atoms with Gasteiger partial charge in [0.15, 0.2) is 11.5 Å². The molecule has 1 aliphatic heterocycles. The molecule has 3 N–H and O–H groups in total. The van der Waals surface area contributed by atoms with Gasteiger partial charge in [-0.3, -0.25) is 9.78 Å². The number of aromatic nitrogens is 1. The fraction of sp³-hybridized carbons (Fsp3) is 0.167. The Morgan fingerprint density at radius 2 is 2.21 bits per heavy atom. The summed E-state index contributed by atoms with van der Waals surface area (Å²) in [5, 5.41) is 2.79. The monoisotopic (exact) mass is 277 g/mol. The van der Waals surface area contributed by atoms with Crippen molar-refractivity contribution in [3.63, 3.8) is 0 Å². The van der Waals surface area contributed by atoms with E-state index in [1.807, 2.05) is 0 Å². The molecule has 1 aromatic heterocycles. The molecule has 0 saturated heterocycles. The summed E-state index contributed by atoms with van der Waals surface area (Å²) in [7, 11) is 0. The molecule has 19 heavy (non-hydrogen) atoms. The number of nitrogen functional groups attached to an aromatic ring is 1. The average molecular weight is 277 g/mol. The van der Waals surface area contributed by atoms with Gasteiger partial charge in [-0.05, 0) is 6.07 Å². The number of amides is 1. The number of carbonyl (C=O) groups is 1. The zero-order valence-corrected chi connectivity index (χ0v) is 10.7. The fourth-order valence-corrected chi connectivity index (χ4v) is 2.28. The largest absolute Gasteiger partial charge is 0.454 e. The van der Waals surface area contributed by atoms with E-state index in [1.54, 1.807) is 23.8 Å². The SMILES string of the molecule is Nc1cc2c(cc1C(=O)NCc1cncs1)OCO2. The zero-order valence-electron chi connectivity index (χ0n) is 9.88. The first-order chi connectivity index (χ1) is 9.24. The van der Waals surface area contributed by atoms with Gasteiger partial charge in [0.2, 0.25) is 6.79 Å². The molecule has 6 nitrogen and oxygen atoms in total. The Kier molecular flexibility index (Phi) is 2.96. The highest BCUT2D eigenvalue weighted by Crippen LogP contribution is 2.35. The van der Waals surface area contributed by atoms with E-state index in [0.29, 0.717) is 29.3 Å². The molecule has 0 saturated carbocycles. The normalized spacial score (nSPS) is 12.4. The van der Waals surface area contributed by atoms with Crippen molar-refractivity contribution in [1.82, 2.24) is 10.3 Å². The molecule has 0 aliphatic carbocycles. The van der Waals surface area contributed by atoms with Crippen LogP contribution in [0.3, 0.4) is 0 Å². The van der Waals surface area contributed by atoms with E-state index < -0.39 is 0 Å². The third kappa shape index (κ3) is 2.32. The summed E-state index contributed by atoms with van der Waals surface area (Å²) in [5.41, 5.74) is 8.31. The van der Waals surface area contributed by atoms with E-state index >= 15 is 0 Å². The van der Waals surface area contributed by atoms with Crippen LogP contribution in [0.2, 0.25) is 0 Å². The maximum atomic E-state index is 12.1. The summed E-state index contributed by atoms with van der Waals surface area (Å²) in [6, 6.07) is 3.20. The minimum absolute atomic E-state index is 0.153. The second-order valence-corrected chi connectivity index (χ2v) is 4.91. The number of benzene rings is 1. The number of rotatable bonds is 3. The Bertz CT molecular complexity index is 613. The van der Waals surface area contributed by atoms with Crippen LogP contribution in [0.1, 0.15) is 15.2 Å². The Morgan fingerprint density at radius 3 is 2.95 bits per heavy atom. The van der Waals surface area contributed by atoms with Crippen molar-refractivity contribution < 1.29 is 14.3 Å². The molecule has 0 bridgehead atoms. The molecule has 0 fully saturated rings. The number of hydrogen-bond acceptors (Lipinski definition) is 6. The quantitative estimate of drug-likeness (QED) is 0.828. The molecule has 0 unspecified atom stereocenters. The third-order valence-electron chi connectivity index (χ3n) is 2.70. The number of hydrogen-bond donors (Lipinski definition) is 2. The highest BCUT2D eigenvalue weighted by molar-refractivity contribution is 7.09. The molecular weight excluding hydrogens is 266 g/mol. The summed E-state index contributed by atoms with van der Waals surface area (Å²) in [6.07, 6.45) is 1.72. The predicted molar refractivity (Wildman–Crippen MR) is 70.3 cm³/mol. The number of nitrogens with zero attached hydrogens (tertiary/aromatic N) is 1. The molecule has 0 spiro atoms. The zero-order chi connectivity index (χ0) is 13.2. The van der Waals surface area contributed by atoms with Crippen molar-refractivity contribution in [2.24, 2.45) is 0 Å². The van der Waals surface area contributed by atoms with Gasteiger partial charge in [0, 0.05) is 22.8 Å². The highest BCUT2D eigenvalue weighted by atomic mass is 32.1. The molecule has 0 atom stereocenters. The molecule has 7 heteroatoms. The highest BCUT2D eigenvalue weighted by Gasteiger charge is 2.19. The van der Waals surface area contributed by atoms with Gasteiger partial charge in [0.1, 0.15) is 0 Å². The van der Waals surface area contributed by atoms with Crippen molar-refractivity contribution >= 4 is 22.9 Å².